The molecule has 0 unspecified atom stereocenters. The van der Waals surface area contributed by atoms with E-state index in [0.717, 1.165) is 5.56 Å². The third-order valence-electron chi connectivity index (χ3n) is 2.87. The largest absolute Gasteiger partial charge is 0.494 e. The predicted octanol–water partition coefficient (Wildman–Crippen LogP) is 4.36. The Bertz CT molecular complexity index is 660. The minimum Gasteiger partial charge on any atom is -0.494 e. The summed E-state index contributed by atoms with van der Waals surface area (Å²) >= 11 is 5.83. The summed E-state index contributed by atoms with van der Waals surface area (Å²) in [5, 5.41) is 10.0. The molecule has 0 aliphatic rings. The number of rotatable bonds is 5. The molecule has 0 saturated carbocycles. The van der Waals surface area contributed by atoms with Crippen LogP contribution in [0.3, 0.4) is 0 Å². The quantitative estimate of drug-likeness (QED) is 0.659. The normalized spacial score (nSPS) is 11.2. The summed E-state index contributed by atoms with van der Waals surface area (Å²) in [7, 11) is 0. The molecule has 0 spiro atoms. The van der Waals surface area contributed by atoms with Crippen LogP contribution >= 0.6 is 11.6 Å². The third-order valence-corrected chi connectivity index (χ3v) is 3.12. The van der Waals surface area contributed by atoms with Crippen molar-refractivity contribution in [3.63, 3.8) is 0 Å². The van der Waals surface area contributed by atoms with Crippen LogP contribution in [-0.2, 0) is 4.79 Å². The molecule has 4 heteroatoms. The van der Waals surface area contributed by atoms with Crippen molar-refractivity contribution in [3.05, 3.63) is 64.7 Å². The Hall–Kier alpha value is -2.26. The number of hydrogen-bond acceptors (Lipinski definition) is 2. The van der Waals surface area contributed by atoms with Crippen molar-refractivity contribution >= 4 is 29.2 Å². The van der Waals surface area contributed by atoms with Gasteiger partial charge in [-0.3, -0.25) is 0 Å². The second kappa shape index (κ2) is 6.95. The summed E-state index contributed by atoms with van der Waals surface area (Å²) in [6.45, 7) is 2.42. The first-order valence-electron chi connectivity index (χ1n) is 6.54. The minimum atomic E-state index is -0.987. The zero-order valence-electron chi connectivity index (χ0n) is 11.5. The maximum atomic E-state index is 11.5. The molecule has 0 saturated heterocycles. The van der Waals surface area contributed by atoms with E-state index in [1.165, 1.54) is 0 Å². The van der Waals surface area contributed by atoms with Crippen molar-refractivity contribution in [2.24, 2.45) is 0 Å². The van der Waals surface area contributed by atoms with E-state index >= 15 is 0 Å². The molecule has 0 heterocycles. The van der Waals surface area contributed by atoms with E-state index in [-0.39, 0.29) is 5.57 Å². The Kier molecular flexibility index (Phi) is 5.01. The average molecular weight is 303 g/mol. The van der Waals surface area contributed by atoms with Crippen LogP contribution < -0.4 is 4.74 Å². The van der Waals surface area contributed by atoms with Gasteiger partial charge >= 0.3 is 5.97 Å². The number of carbonyl (C=O) groups is 1. The summed E-state index contributed by atoms with van der Waals surface area (Å²) in [6.07, 6.45) is 1.61. The van der Waals surface area contributed by atoms with Gasteiger partial charge < -0.3 is 9.84 Å². The predicted molar refractivity (Wildman–Crippen MR) is 84.6 cm³/mol. The van der Waals surface area contributed by atoms with Crippen molar-refractivity contribution in [1.82, 2.24) is 0 Å². The van der Waals surface area contributed by atoms with E-state index in [1.807, 2.05) is 6.92 Å². The molecular formula is C17H15ClO3. The lowest BCUT2D eigenvalue weighted by atomic mass is 10.0. The van der Waals surface area contributed by atoms with Gasteiger partial charge in [-0.25, -0.2) is 4.79 Å². The van der Waals surface area contributed by atoms with Crippen LogP contribution in [0.4, 0.5) is 0 Å². The van der Waals surface area contributed by atoms with Crippen LogP contribution in [0.15, 0.2) is 48.5 Å². The zero-order chi connectivity index (χ0) is 15.2. The number of hydrogen-bond donors (Lipinski definition) is 1. The van der Waals surface area contributed by atoms with E-state index in [1.54, 1.807) is 54.6 Å². The number of ether oxygens (including phenoxy) is 1. The Morgan fingerprint density at radius 3 is 2.57 bits per heavy atom. The van der Waals surface area contributed by atoms with Gasteiger partial charge in [-0.2, -0.15) is 0 Å². The van der Waals surface area contributed by atoms with Gasteiger partial charge in [0.05, 0.1) is 12.2 Å². The highest BCUT2D eigenvalue weighted by Gasteiger charge is 2.11. The first-order chi connectivity index (χ1) is 10.1. The average Bonchev–Trinajstić information content (AvgIpc) is 2.47. The number of carboxylic acids is 1. The van der Waals surface area contributed by atoms with Gasteiger partial charge in [0.25, 0.3) is 0 Å². The first kappa shape index (κ1) is 15.1. The Morgan fingerprint density at radius 1 is 1.24 bits per heavy atom. The maximum Gasteiger partial charge on any atom is 0.336 e. The van der Waals surface area contributed by atoms with Crippen LogP contribution in [0.2, 0.25) is 5.02 Å². The van der Waals surface area contributed by atoms with Gasteiger partial charge in [0.15, 0.2) is 0 Å². The molecule has 0 amide bonds. The topological polar surface area (TPSA) is 46.5 Å². The summed E-state index contributed by atoms with van der Waals surface area (Å²) < 4.78 is 5.40. The fourth-order valence-electron chi connectivity index (χ4n) is 1.91. The van der Waals surface area contributed by atoms with Crippen LogP contribution in [0.25, 0.3) is 11.6 Å². The van der Waals surface area contributed by atoms with Crippen LogP contribution in [0, 0.1) is 0 Å². The summed E-state index contributed by atoms with van der Waals surface area (Å²) in [5.41, 5.74) is 1.58. The van der Waals surface area contributed by atoms with Crippen molar-refractivity contribution in [3.8, 4) is 5.75 Å². The highest BCUT2D eigenvalue weighted by molar-refractivity contribution is 6.30. The lowest BCUT2D eigenvalue weighted by Crippen LogP contribution is -2.00. The Morgan fingerprint density at radius 2 is 1.95 bits per heavy atom. The molecule has 0 atom stereocenters. The summed E-state index contributed by atoms with van der Waals surface area (Å²) in [6, 6.07) is 14.0. The standard InChI is InChI=1S/C17H15ClO3/c1-2-21-15-5-3-4-13(11-15)16(17(19)20)10-12-6-8-14(18)9-7-12/h3-11H,2H2,1H3,(H,19,20)/b16-10-. The van der Waals surface area contributed by atoms with Gasteiger partial charge in [0, 0.05) is 5.02 Å². The summed E-state index contributed by atoms with van der Waals surface area (Å²) in [4.78, 5) is 11.5. The Balaban J connectivity index is 2.41. The van der Waals surface area contributed by atoms with Gasteiger partial charge in [-0.1, -0.05) is 35.9 Å². The number of halogens is 1. The highest BCUT2D eigenvalue weighted by atomic mass is 35.5. The van der Waals surface area contributed by atoms with E-state index < -0.39 is 5.97 Å². The fraction of sp³-hybridized carbons (Fsp3) is 0.118. The van der Waals surface area contributed by atoms with Crippen molar-refractivity contribution in [2.45, 2.75) is 6.92 Å². The molecule has 0 bridgehead atoms. The molecule has 0 aromatic heterocycles. The molecule has 2 rings (SSSR count). The second-order valence-electron chi connectivity index (χ2n) is 4.38. The monoisotopic (exact) mass is 302 g/mol. The van der Waals surface area contributed by atoms with Gasteiger partial charge in [-0.05, 0) is 48.4 Å². The second-order valence-corrected chi connectivity index (χ2v) is 4.81. The molecule has 0 fully saturated rings. The highest BCUT2D eigenvalue weighted by Crippen LogP contribution is 2.23. The number of carboxylic acid groups (broad SMARTS) is 1. The molecular weight excluding hydrogens is 288 g/mol. The van der Waals surface area contributed by atoms with Gasteiger partial charge in [-0.15, -0.1) is 0 Å². The van der Waals surface area contributed by atoms with Crippen LogP contribution in [-0.4, -0.2) is 17.7 Å². The molecule has 1 N–H and O–H groups in total. The molecule has 2 aromatic carbocycles. The fourth-order valence-corrected chi connectivity index (χ4v) is 2.04. The number of benzene rings is 2. The van der Waals surface area contributed by atoms with E-state index in [0.29, 0.717) is 22.9 Å². The molecule has 0 aliphatic heterocycles. The van der Waals surface area contributed by atoms with E-state index in [2.05, 4.69) is 0 Å². The zero-order valence-corrected chi connectivity index (χ0v) is 12.3. The smallest absolute Gasteiger partial charge is 0.336 e. The molecule has 0 radical (unpaired) electrons. The lowest BCUT2D eigenvalue weighted by molar-refractivity contribution is -0.130. The maximum absolute atomic E-state index is 11.5. The molecule has 3 nitrogen and oxygen atoms in total. The van der Waals surface area contributed by atoms with Gasteiger partial charge in [0.1, 0.15) is 5.75 Å². The van der Waals surface area contributed by atoms with Gasteiger partial charge in [0.2, 0.25) is 0 Å². The Labute approximate surface area is 128 Å². The van der Waals surface area contributed by atoms with Crippen molar-refractivity contribution in [1.29, 1.82) is 0 Å². The van der Waals surface area contributed by atoms with E-state index in [9.17, 15) is 9.90 Å². The SMILES string of the molecule is CCOc1cccc(/C(=C/c2ccc(Cl)cc2)C(=O)O)c1. The third kappa shape index (κ3) is 4.10. The van der Waals surface area contributed by atoms with Crippen LogP contribution in [0.1, 0.15) is 18.1 Å². The molecule has 0 aliphatic carbocycles. The first-order valence-corrected chi connectivity index (χ1v) is 6.91. The lowest BCUT2D eigenvalue weighted by Gasteiger charge is -2.07. The van der Waals surface area contributed by atoms with E-state index in [4.69, 9.17) is 16.3 Å². The van der Waals surface area contributed by atoms with Crippen molar-refractivity contribution < 1.29 is 14.6 Å². The van der Waals surface area contributed by atoms with Crippen LogP contribution in [0.5, 0.6) is 5.75 Å². The minimum absolute atomic E-state index is 0.207. The number of aliphatic carboxylic acids is 1. The van der Waals surface area contributed by atoms with Crippen molar-refractivity contribution in [2.75, 3.05) is 6.61 Å². The molecule has 21 heavy (non-hydrogen) atoms. The molecule has 108 valence electrons. The summed E-state index contributed by atoms with van der Waals surface area (Å²) in [5.74, 6) is -0.336. The molecule has 2 aromatic rings.